The molecule has 0 bridgehead atoms. The molecular formula is C59H57ClO14. The lowest BCUT2D eigenvalue weighted by atomic mass is 10.0. The summed E-state index contributed by atoms with van der Waals surface area (Å²) in [6, 6.07) is 40.9. The van der Waals surface area contributed by atoms with Crippen LogP contribution in [-0.4, -0.2) is 74.6 Å². The van der Waals surface area contributed by atoms with E-state index in [2.05, 4.69) is 4.74 Å². The van der Waals surface area contributed by atoms with Crippen LogP contribution in [0.15, 0.2) is 146 Å². The summed E-state index contributed by atoms with van der Waals surface area (Å²) in [4.78, 5) is 79.2. The number of carbonyl (C=O) groups excluding carboxylic acids is 7. The number of hydrogen-bond donors (Lipinski definition) is 2. The zero-order valence-electron chi connectivity index (χ0n) is 39.4. The molecule has 2 N–H and O–H groups in total. The Bertz CT molecular complexity index is 2830. The third kappa shape index (κ3) is 17.2. The normalized spacial score (nSPS) is 9.89. The Morgan fingerprint density at radius 3 is 0.959 bits per heavy atom. The maximum absolute atomic E-state index is 11.8. The number of aldehydes is 4. The van der Waals surface area contributed by atoms with Gasteiger partial charge in [0.15, 0.2) is 25.1 Å². The molecule has 0 fully saturated rings. The summed E-state index contributed by atoms with van der Waals surface area (Å²) in [6.45, 7) is 0.447. The molecule has 0 atom stereocenters. The molecule has 0 amide bonds. The second-order valence-electron chi connectivity index (χ2n) is 15.6. The zero-order chi connectivity index (χ0) is 52.0. The van der Waals surface area contributed by atoms with E-state index < -0.39 is 11.9 Å². The fraction of sp³-hybridized carbons (Fsp3) is 0.169. The van der Waals surface area contributed by atoms with Crippen molar-refractivity contribution < 1.29 is 67.5 Å². The van der Waals surface area contributed by atoms with E-state index in [0.717, 1.165) is 51.5 Å². The van der Waals surface area contributed by atoms with E-state index in [9.17, 15) is 43.8 Å². The Morgan fingerprint density at radius 2 is 0.676 bits per heavy atom. The quantitative estimate of drug-likeness (QED) is 0.0355. The Hall–Kier alpha value is -8.88. The predicted octanol–water partition coefficient (Wildman–Crippen LogP) is 11.4. The average Bonchev–Trinajstić information content (AvgIpc) is 3.43. The van der Waals surface area contributed by atoms with Crippen molar-refractivity contribution in [1.82, 2.24) is 0 Å². The summed E-state index contributed by atoms with van der Waals surface area (Å²) in [5, 5.41) is 18.8. The topological polar surface area (TPSA) is 206 Å². The summed E-state index contributed by atoms with van der Waals surface area (Å²) in [5.74, 6) is 0.0783. The van der Waals surface area contributed by atoms with Gasteiger partial charge in [0, 0.05) is 5.88 Å². The van der Waals surface area contributed by atoms with E-state index in [1.54, 1.807) is 121 Å². The lowest BCUT2D eigenvalue weighted by Gasteiger charge is -2.12. The minimum absolute atomic E-state index is 0. The molecular weight excluding hydrogens is 968 g/mol. The van der Waals surface area contributed by atoms with Crippen molar-refractivity contribution >= 4 is 54.7 Å². The minimum atomic E-state index is -0.414. The fourth-order valence-electron chi connectivity index (χ4n) is 6.83. The van der Waals surface area contributed by atoms with Crippen molar-refractivity contribution in [2.45, 2.75) is 46.8 Å². The van der Waals surface area contributed by atoms with E-state index in [-0.39, 0.29) is 56.7 Å². The first-order valence-electron chi connectivity index (χ1n) is 21.9. The molecule has 0 aliphatic rings. The third-order valence-electron chi connectivity index (χ3n) is 10.7. The van der Waals surface area contributed by atoms with E-state index in [1.165, 1.54) is 33.5 Å². The Balaban J connectivity index is 0.000000359. The molecule has 0 spiro atoms. The summed E-state index contributed by atoms with van der Waals surface area (Å²) >= 11 is 5.58. The number of methoxy groups -OCH3 is 3. The summed E-state index contributed by atoms with van der Waals surface area (Å²) in [6.07, 6.45) is 3.66. The van der Waals surface area contributed by atoms with Crippen molar-refractivity contribution in [3.63, 3.8) is 0 Å². The van der Waals surface area contributed by atoms with Crippen LogP contribution in [-0.2, 0) is 46.1 Å². The number of hydrogen-bond acceptors (Lipinski definition) is 14. The second kappa shape index (κ2) is 30.1. The van der Waals surface area contributed by atoms with Gasteiger partial charge in [0.2, 0.25) is 0 Å². The number of aromatic hydroxyl groups is 2. The third-order valence-corrected chi connectivity index (χ3v) is 11.0. The van der Waals surface area contributed by atoms with Crippen LogP contribution in [0.1, 0.15) is 126 Å². The molecule has 14 nitrogen and oxygen atoms in total. The van der Waals surface area contributed by atoms with E-state index in [4.69, 9.17) is 30.5 Å². The highest BCUT2D eigenvalue weighted by atomic mass is 35.5. The Kier molecular flexibility index (Phi) is 24.2. The summed E-state index contributed by atoms with van der Waals surface area (Å²) in [7, 11) is 4.01. The van der Waals surface area contributed by atoms with Gasteiger partial charge < -0.3 is 33.9 Å². The van der Waals surface area contributed by atoms with Crippen LogP contribution in [0.3, 0.4) is 0 Å². The molecule has 0 radical (unpaired) electrons. The van der Waals surface area contributed by atoms with Crippen LogP contribution in [0.5, 0.6) is 23.0 Å². The van der Waals surface area contributed by atoms with Gasteiger partial charge in [-0.25, -0.2) is 14.4 Å². The van der Waals surface area contributed by atoms with Gasteiger partial charge in [-0.3, -0.25) is 19.2 Å². The van der Waals surface area contributed by atoms with Gasteiger partial charge >= 0.3 is 17.9 Å². The van der Waals surface area contributed by atoms with Crippen LogP contribution in [0, 0.1) is 0 Å². The van der Waals surface area contributed by atoms with Gasteiger partial charge in [0.25, 0.3) is 0 Å². The largest absolute Gasteiger partial charge is 0.507 e. The van der Waals surface area contributed by atoms with Crippen molar-refractivity contribution in [3.8, 4) is 23.0 Å². The maximum Gasteiger partial charge on any atom is 0.337 e. The van der Waals surface area contributed by atoms with E-state index in [0.29, 0.717) is 70.6 Å². The molecule has 0 aromatic heterocycles. The molecule has 0 aliphatic carbocycles. The Morgan fingerprint density at radius 1 is 0.405 bits per heavy atom. The van der Waals surface area contributed by atoms with Gasteiger partial charge in [0.05, 0.1) is 60.3 Å². The highest BCUT2D eigenvalue weighted by molar-refractivity contribution is 6.17. The molecule has 7 rings (SSSR count). The molecule has 0 saturated carbocycles. The zero-order valence-corrected chi connectivity index (χ0v) is 40.1. The molecule has 7 aromatic carbocycles. The van der Waals surface area contributed by atoms with Gasteiger partial charge in [-0.15, -0.1) is 11.6 Å². The molecule has 74 heavy (non-hydrogen) atoms. The number of alkyl halides is 1. The second-order valence-corrected chi connectivity index (χ2v) is 15.9. The summed E-state index contributed by atoms with van der Waals surface area (Å²) < 4.78 is 25.6. The van der Waals surface area contributed by atoms with E-state index >= 15 is 0 Å². The van der Waals surface area contributed by atoms with Crippen LogP contribution < -0.4 is 9.47 Å². The monoisotopic (exact) mass is 1020 g/mol. The molecule has 0 heterocycles. The number of ether oxygens (including phenoxy) is 5. The predicted molar refractivity (Wildman–Crippen MR) is 281 cm³/mol. The number of benzene rings is 7. The van der Waals surface area contributed by atoms with E-state index in [1.807, 2.05) is 12.1 Å². The molecule has 7 aromatic rings. The first-order valence-corrected chi connectivity index (χ1v) is 22.4. The van der Waals surface area contributed by atoms with Crippen molar-refractivity contribution in [2.75, 3.05) is 21.3 Å². The van der Waals surface area contributed by atoms with Crippen molar-refractivity contribution in [3.05, 3.63) is 223 Å². The average molecular weight is 1030 g/mol. The number of phenols is 2. The molecule has 0 saturated heterocycles. The lowest BCUT2D eigenvalue weighted by molar-refractivity contribution is 0.0592. The number of esters is 3. The lowest BCUT2D eigenvalue weighted by Crippen LogP contribution is -2.03. The minimum Gasteiger partial charge on any atom is -0.507 e. The fourth-order valence-corrected chi connectivity index (χ4v) is 7.01. The molecule has 15 heteroatoms. The first kappa shape index (κ1) is 59.4. The van der Waals surface area contributed by atoms with Crippen LogP contribution >= 0.6 is 11.6 Å². The molecule has 0 aliphatic heterocycles. The van der Waals surface area contributed by atoms with Crippen LogP contribution in [0.2, 0.25) is 0 Å². The smallest absolute Gasteiger partial charge is 0.337 e. The van der Waals surface area contributed by atoms with Gasteiger partial charge in [-0.05, 0) is 137 Å². The number of phenolic OH excluding ortho intramolecular Hbond substituents is 2. The standard InChI is InChI=1S/C33H28O8.C15H12O4.C9H9ClO2.2CH4/c1-38-32(36)26-9-3-22(4-10-26)20-40-30-13-7-24(16-28(30)18-34)15-25-8-14-31(29(17-25)19-35)41-21-23-5-11-27(12-6-23)33(37)39-2;16-8-12-6-10(1-3-14(12)18)5-11-2-4-15(19)13(7-11)9-17;1-12-9(11)8-4-2-7(6-10)3-5-8;;/h3-14,16-19H,15,20-21H2,1-2H3;1-4,6-9,18-19H,5H2;2-5H,6H2,1H3;2*1H4. The van der Waals surface area contributed by atoms with Crippen molar-refractivity contribution in [1.29, 1.82) is 0 Å². The Labute approximate surface area is 435 Å². The van der Waals surface area contributed by atoms with Gasteiger partial charge in [0.1, 0.15) is 36.2 Å². The highest BCUT2D eigenvalue weighted by Gasteiger charge is 2.12. The van der Waals surface area contributed by atoms with Crippen molar-refractivity contribution in [2.24, 2.45) is 0 Å². The van der Waals surface area contributed by atoms with Gasteiger partial charge in [-0.1, -0.05) is 75.5 Å². The maximum atomic E-state index is 11.8. The molecule has 384 valence electrons. The number of carbonyl (C=O) groups is 7. The van der Waals surface area contributed by atoms with Crippen LogP contribution in [0.4, 0.5) is 0 Å². The molecule has 0 unspecified atom stereocenters. The number of rotatable bonds is 18. The number of halogens is 1. The SMILES string of the molecule is C.C.COC(=O)c1ccc(CCl)cc1.COC(=O)c1ccc(COc2ccc(Cc3ccc(OCc4ccc(C(=O)OC)cc4)c(C=O)c3)cc2C=O)cc1.O=Cc1cc(Cc2ccc(O)c(C=O)c2)ccc1O. The van der Waals surface area contributed by atoms with Crippen LogP contribution in [0.25, 0.3) is 0 Å². The first-order chi connectivity index (χ1) is 34.8. The van der Waals surface area contributed by atoms with Gasteiger partial charge in [-0.2, -0.15) is 0 Å². The highest BCUT2D eigenvalue weighted by Crippen LogP contribution is 2.26. The summed E-state index contributed by atoms with van der Waals surface area (Å²) in [5.41, 5.74) is 8.78.